The molecule has 0 unspecified atom stereocenters. The second-order valence-electron chi connectivity index (χ2n) is 10.3. The molecule has 0 bridgehead atoms. The van der Waals surface area contributed by atoms with Gasteiger partial charge in [0.05, 0.1) is 12.6 Å². The Balaban J connectivity index is 1.71. The smallest absolute Gasteiger partial charge is 0.407 e. The number of carbonyl (C=O) groups is 1. The van der Waals surface area contributed by atoms with Gasteiger partial charge >= 0.3 is 6.09 Å². The Labute approximate surface area is 211 Å². The highest BCUT2D eigenvalue weighted by Crippen LogP contribution is 2.42. The zero-order valence-corrected chi connectivity index (χ0v) is 21.9. The van der Waals surface area contributed by atoms with Gasteiger partial charge < -0.3 is 19.8 Å². The maximum atomic E-state index is 12.4. The van der Waals surface area contributed by atoms with Crippen LogP contribution < -0.4 is 15.6 Å². The lowest BCUT2D eigenvalue weighted by molar-refractivity contribution is 0.0501. The molecule has 2 N–H and O–H groups in total. The maximum absolute atomic E-state index is 12.4. The third-order valence-electron chi connectivity index (χ3n) is 6.70. The van der Waals surface area contributed by atoms with Crippen LogP contribution in [0.2, 0.25) is 5.02 Å². The number of H-pyrrole nitrogens is 1. The molecule has 4 rings (SSSR count). The van der Waals surface area contributed by atoms with E-state index in [-0.39, 0.29) is 28.6 Å². The van der Waals surface area contributed by atoms with E-state index < -0.39 is 5.60 Å². The summed E-state index contributed by atoms with van der Waals surface area (Å²) in [5.41, 5.74) is 4.61. The molecule has 1 aliphatic rings. The molecule has 3 aromatic rings. The van der Waals surface area contributed by atoms with Crippen LogP contribution in [0.1, 0.15) is 62.6 Å². The number of methoxy groups -OCH3 is 1. The van der Waals surface area contributed by atoms with Crippen LogP contribution in [0.15, 0.2) is 35.1 Å². The van der Waals surface area contributed by atoms with Crippen LogP contribution in [0.4, 0.5) is 4.79 Å². The number of ether oxygens (including phenoxy) is 2. The summed E-state index contributed by atoms with van der Waals surface area (Å²) in [5.74, 6) is 0.945. The minimum Gasteiger partial charge on any atom is -0.496 e. The molecule has 0 radical (unpaired) electrons. The number of aromatic nitrogens is 1. The minimum absolute atomic E-state index is 0.0385. The highest BCUT2D eigenvalue weighted by Gasteiger charge is 2.31. The van der Waals surface area contributed by atoms with E-state index in [1.165, 1.54) is 5.56 Å². The molecule has 0 spiro atoms. The fraction of sp³-hybridized carbons (Fsp3) is 0.429. The Hall–Kier alpha value is -2.99. The van der Waals surface area contributed by atoms with Crippen LogP contribution in [0.5, 0.6) is 5.75 Å². The number of hydrogen-bond donors (Lipinski definition) is 2. The average Bonchev–Trinajstić information content (AvgIpc) is 3.24. The quantitative estimate of drug-likeness (QED) is 0.424. The first-order valence-electron chi connectivity index (χ1n) is 12.0. The van der Waals surface area contributed by atoms with Gasteiger partial charge in [-0.15, -0.1) is 0 Å². The summed E-state index contributed by atoms with van der Waals surface area (Å²) < 4.78 is 11.2. The minimum atomic E-state index is -0.527. The van der Waals surface area contributed by atoms with Crippen LogP contribution in [0.3, 0.4) is 0 Å². The molecule has 0 saturated heterocycles. The average molecular weight is 497 g/mol. The van der Waals surface area contributed by atoms with Crippen molar-refractivity contribution in [2.75, 3.05) is 7.11 Å². The van der Waals surface area contributed by atoms with Gasteiger partial charge in [0.1, 0.15) is 16.4 Å². The van der Waals surface area contributed by atoms with Crippen molar-refractivity contribution in [1.29, 1.82) is 0 Å². The number of nitrogens with one attached hydrogen (secondary N) is 2. The molecule has 2 aromatic carbocycles. The van der Waals surface area contributed by atoms with Crippen LogP contribution >= 0.6 is 11.6 Å². The number of carbonyl (C=O) groups excluding carboxylic acids is 1. The third kappa shape index (κ3) is 5.03. The Morgan fingerprint density at radius 3 is 2.46 bits per heavy atom. The first-order chi connectivity index (χ1) is 16.5. The summed E-state index contributed by atoms with van der Waals surface area (Å²) >= 11 is 6.34. The molecule has 35 heavy (non-hydrogen) atoms. The normalized spacial score (nSPS) is 18.0. The summed E-state index contributed by atoms with van der Waals surface area (Å²) in [4.78, 5) is 27.6. The lowest BCUT2D eigenvalue weighted by Gasteiger charge is -2.25. The molecule has 2 atom stereocenters. The molecule has 1 amide bonds. The van der Waals surface area contributed by atoms with E-state index in [0.717, 1.165) is 58.2 Å². The fourth-order valence-electron chi connectivity index (χ4n) is 5.11. The summed E-state index contributed by atoms with van der Waals surface area (Å²) in [6, 6.07) is 10.3. The largest absolute Gasteiger partial charge is 0.496 e. The Morgan fingerprint density at radius 2 is 1.83 bits per heavy atom. The predicted octanol–water partition coefficient (Wildman–Crippen LogP) is 6.63. The number of halogens is 1. The number of fused-ring (bicyclic) bond motifs is 1. The van der Waals surface area contributed by atoms with E-state index in [0.29, 0.717) is 0 Å². The van der Waals surface area contributed by atoms with E-state index in [4.69, 9.17) is 21.1 Å². The lowest BCUT2D eigenvalue weighted by Crippen LogP contribution is -2.40. The molecule has 0 aliphatic heterocycles. The van der Waals surface area contributed by atoms with E-state index in [9.17, 15) is 9.59 Å². The molecule has 1 aliphatic carbocycles. The Morgan fingerprint density at radius 1 is 1.14 bits per heavy atom. The Kier molecular flexibility index (Phi) is 6.87. The van der Waals surface area contributed by atoms with Crippen molar-refractivity contribution in [1.82, 2.24) is 10.3 Å². The number of hydrogen-bond acceptors (Lipinski definition) is 4. The molecule has 1 saturated carbocycles. The third-order valence-corrected chi connectivity index (χ3v) is 7.15. The molecule has 186 valence electrons. The number of benzene rings is 2. The van der Waals surface area contributed by atoms with Crippen molar-refractivity contribution in [3.8, 4) is 16.9 Å². The number of amides is 1. The summed E-state index contributed by atoms with van der Waals surface area (Å²) in [7, 11) is 1.65. The molecule has 1 aromatic heterocycles. The topological polar surface area (TPSA) is 80.4 Å². The monoisotopic (exact) mass is 496 g/mol. The standard InChI is InChI=1S/C28H33ClN2O4/c1-15-14-21(34-6)23(22-16(2)24(29)26(32)31-25(15)22)18-12-10-17(11-13-18)19-8-7-9-20(19)30-27(33)35-28(3,4)5/h10-14,19-20H,7-9H2,1-6H3,(H,30,33)(H,31,32)/t19-,20-/m1/s1. The van der Waals surface area contributed by atoms with E-state index in [2.05, 4.69) is 34.6 Å². The number of aromatic amines is 1. The van der Waals surface area contributed by atoms with Crippen LogP contribution in [-0.4, -0.2) is 29.8 Å². The number of aryl methyl sites for hydroxylation is 2. The zero-order valence-electron chi connectivity index (χ0n) is 21.2. The first-order valence-corrected chi connectivity index (χ1v) is 12.4. The highest BCUT2D eigenvalue weighted by atomic mass is 35.5. The van der Waals surface area contributed by atoms with E-state index >= 15 is 0 Å². The Bertz CT molecular complexity index is 1320. The van der Waals surface area contributed by atoms with Crippen molar-refractivity contribution in [3.05, 3.63) is 62.4 Å². The maximum Gasteiger partial charge on any atom is 0.407 e. The zero-order chi connectivity index (χ0) is 25.5. The second kappa shape index (κ2) is 9.57. The van der Waals surface area contributed by atoms with Gasteiger partial charge in [-0.3, -0.25) is 4.79 Å². The number of rotatable bonds is 4. The van der Waals surface area contributed by atoms with Crippen LogP contribution in [0.25, 0.3) is 22.0 Å². The summed E-state index contributed by atoms with van der Waals surface area (Å²) in [6.45, 7) is 9.40. The van der Waals surface area contributed by atoms with Gasteiger partial charge in [0, 0.05) is 22.9 Å². The van der Waals surface area contributed by atoms with Crippen LogP contribution in [-0.2, 0) is 4.74 Å². The van der Waals surface area contributed by atoms with Gasteiger partial charge in [0.2, 0.25) is 0 Å². The molecule has 6 nitrogen and oxygen atoms in total. The molecule has 1 heterocycles. The molecular formula is C28H33ClN2O4. The van der Waals surface area contributed by atoms with Crippen molar-refractivity contribution in [3.63, 3.8) is 0 Å². The molecule has 1 fully saturated rings. The van der Waals surface area contributed by atoms with Gasteiger partial charge in [-0.05, 0) is 75.8 Å². The second-order valence-corrected chi connectivity index (χ2v) is 10.7. The SMILES string of the molecule is COc1cc(C)c2[nH]c(=O)c(Cl)c(C)c2c1-c1ccc([C@H]2CCC[C@H]2NC(=O)OC(C)(C)C)cc1. The van der Waals surface area contributed by atoms with Crippen molar-refractivity contribution in [2.45, 2.75) is 71.4 Å². The number of alkyl carbamates (subject to hydrolysis) is 1. The van der Waals surface area contributed by atoms with Gasteiger partial charge in [-0.1, -0.05) is 42.3 Å². The van der Waals surface area contributed by atoms with E-state index in [1.54, 1.807) is 7.11 Å². The van der Waals surface area contributed by atoms with E-state index in [1.807, 2.05) is 40.7 Å². The van der Waals surface area contributed by atoms with Crippen LogP contribution in [0, 0.1) is 13.8 Å². The van der Waals surface area contributed by atoms with Gasteiger partial charge in [-0.25, -0.2) is 4.79 Å². The highest BCUT2D eigenvalue weighted by molar-refractivity contribution is 6.32. The van der Waals surface area contributed by atoms with Crippen molar-refractivity contribution < 1.29 is 14.3 Å². The van der Waals surface area contributed by atoms with Gasteiger partial charge in [0.15, 0.2) is 0 Å². The predicted molar refractivity (Wildman–Crippen MR) is 141 cm³/mol. The fourth-order valence-corrected chi connectivity index (χ4v) is 5.25. The number of pyridine rings is 1. The summed E-state index contributed by atoms with van der Waals surface area (Å²) in [5, 5.41) is 4.13. The van der Waals surface area contributed by atoms with Gasteiger partial charge in [0.25, 0.3) is 5.56 Å². The first kappa shape index (κ1) is 25.1. The molecular weight excluding hydrogens is 464 g/mol. The van der Waals surface area contributed by atoms with Crippen molar-refractivity contribution >= 4 is 28.6 Å². The molecule has 7 heteroatoms. The van der Waals surface area contributed by atoms with Crippen molar-refractivity contribution in [2.24, 2.45) is 0 Å². The summed E-state index contributed by atoms with van der Waals surface area (Å²) in [6.07, 6.45) is 2.61. The lowest BCUT2D eigenvalue weighted by atomic mass is 9.90. The van der Waals surface area contributed by atoms with Gasteiger partial charge in [-0.2, -0.15) is 0 Å².